The van der Waals surface area contributed by atoms with E-state index in [2.05, 4.69) is 11.9 Å². The van der Waals surface area contributed by atoms with E-state index in [0.29, 0.717) is 12.5 Å². The second-order valence-electron chi connectivity index (χ2n) is 5.07. The number of hydrogen-bond donors (Lipinski definition) is 2. The molecular formula is C13H21N3O. The van der Waals surface area contributed by atoms with E-state index in [4.69, 9.17) is 5.73 Å². The van der Waals surface area contributed by atoms with Crippen LogP contribution in [0.4, 0.5) is 0 Å². The van der Waals surface area contributed by atoms with Gasteiger partial charge in [-0.15, -0.1) is 0 Å². The van der Waals surface area contributed by atoms with Crippen LogP contribution < -0.4 is 5.73 Å². The number of likely N-dealkylation sites (tertiary alicyclic amines) is 1. The van der Waals surface area contributed by atoms with E-state index in [1.165, 1.54) is 0 Å². The molecule has 1 aromatic heterocycles. The minimum absolute atomic E-state index is 0.117. The van der Waals surface area contributed by atoms with Crippen molar-refractivity contribution in [2.45, 2.75) is 32.7 Å². The third-order valence-electron chi connectivity index (χ3n) is 3.69. The molecule has 1 aromatic rings. The Bertz CT molecular complexity index is 399. The summed E-state index contributed by atoms with van der Waals surface area (Å²) in [6.07, 6.45) is 5.73. The van der Waals surface area contributed by atoms with Gasteiger partial charge in [0.05, 0.1) is 5.56 Å². The molecule has 3 N–H and O–H groups in total. The third-order valence-corrected chi connectivity index (χ3v) is 3.69. The number of carbonyl (C=O) groups is 1. The van der Waals surface area contributed by atoms with Crippen molar-refractivity contribution < 1.29 is 4.79 Å². The molecule has 1 saturated heterocycles. The Morgan fingerprint density at radius 2 is 2.35 bits per heavy atom. The first kappa shape index (κ1) is 12.2. The predicted molar refractivity (Wildman–Crippen MR) is 67.8 cm³/mol. The number of nitrogens with zero attached hydrogens (tertiary/aromatic N) is 1. The molecule has 94 valence electrons. The van der Waals surface area contributed by atoms with Crippen molar-refractivity contribution >= 4 is 5.91 Å². The number of aromatic amines is 1. The van der Waals surface area contributed by atoms with Crippen LogP contribution in [0.2, 0.25) is 0 Å². The van der Waals surface area contributed by atoms with Gasteiger partial charge in [0.25, 0.3) is 5.91 Å². The fraction of sp³-hybridized carbons (Fsp3) is 0.615. The predicted octanol–water partition coefficient (Wildman–Crippen LogP) is 1.52. The molecule has 2 rings (SSSR count). The molecule has 4 nitrogen and oxygen atoms in total. The summed E-state index contributed by atoms with van der Waals surface area (Å²) in [4.78, 5) is 17.3. The van der Waals surface area contributed by atoms with Gasteiger partial charge in [0, 0.05) is 31.5 Å². The summed E-state index contributed by atoms with van der Waals surface area (Å²) in [5.41, 5.74) is 7.56. The highest BCUT2D eigenvalue weighted by atomic mass is 16.2. The molecule has 1 aliphatic heterocycles. The number of hydrogen-bond acceptors (Lipinski definition) is 2. The molecule has 0 radical (unpaired) electrons. The van der Waals surface area contributed by atoms with Gasteiger partial charge >= 0.3 is 0 Å². The average Bonchev–Trinajstić information content (AvgIpc) is 2.74. The number of carbonyl (C=O) groups excluding carboxylic acids is 1. The van der Waals surface area contributed by atoms with Gasteiger partial charge in [-0.05, 0) is 31.2 Å². The minimum Gasteiger partial charge on any atom is -0.367 e. The monoisotopic (exact) mass is 235 g/mol. The largest absolute Gasteiger partial charge is 0.367 e. The molecule has 0 aromatic carbocycles. The van der Waals surface area contributed by atoms with Crippen LogP contribution in [-0.2, 0) is 0 Å². The van der Waals surface area contributed by atoms with Crippen LogP contribution in [0.25, 0.3) is 0 Å². The van der Waals surface area contributed by atoms with Crippen molar-refractivity contribution in [1.82, 2.24) is 9.88 Å². The van der Waals surface area contributed by atoms with Crippen LogP contribution in [0.15, 0.2) is 12.4 Å². The number of H-pyrrole nitrogens is 1. The number of piperidine rings is 1. The molecule has 0 saturated carbocycles. The molecule has 2 unspecified atom stereocenters. The van der Waals surface area contributed by atoms with Crippen molar-refractivity contribution in [3.63, 3.8) is 0 Å². The lowest BCUT2D eigenvalue weighted by molar-refractivity contribution is 0.0573. The number of amides is 1. The van der Waals surface area contributed by atoms with Crippen molar-refractivity contribution in [2.75, 3.05) is 13.1 Å². The first-order chi connectivity index (χ1) is 8.13. The maximum absolute atomic E-state index is 12.4. The van der Waals surface area contributed by atoms with Gasteiger partial charge in [-0.3, -0.25) is 4.79 Å². The lowest BCUT2D eigenvalue weighted by Gasteiger charge is -2.38. The van der Waals surface area contributed by atoms with Crippen molar-refractivity contribution in [1.29, 1.82) is 0 Å². The zero-order chi connectivity index (χ0) is 12.4. The Morgan fingerprint density at radius 3 is 2.94 bits per heavy atom. The van der Waals surface area contributed by atoms with E-state index in [0.717, 1.165) is 30.5 Å². The summed E-state index contributed by atoms with van der Waals surface area (Å²) < 4.78 is 0. The summed E-state index contributed by atoms with van der Waals surface area (Å²) in [5.74, 6) is 0.783. The van der Waals surface area contributed by atoms with Gasteiger partial charge in [0.2, 0.25) is 0 Å². The van der Waals surface area contributed by atoms with Gasteiger partial charge in [-0.1, -0.05) is 6.92 Å². The summed E-state index contributed by atoms with van der Waals surface area (Å²) in [6, 6.07) is 0.195. The number of rotatable bonds is 2. The van der Waals surface area contributed by atoms with E-state index in [1.807, 2.05) is 18.0 Å². The van der Waals surface area contributed by atoms with E-state index >= 15 is 0 Å². The minimum atomic E-state index is 0.117. The highest BCUT2D eigenvalue weighted by Crippen LogP contribution is 2.24. The van der Waals surface area contributed by atoms with E-state index < -0.39 is 0 Å². The maximum atomic E-state index is 12.4. The molecule has 1 amide bonds. The first-order valence-corrected chi connectivity index (χ1v) is 6.28. The fourth-order valence-corrected chi connectivity index (χ4v) is 2.57. The van der Waals surface area contributed by atoms with Crippen molar-refractivity contribution in [3.05, 3.63) is 23.5 Å². The quantitative estimate of drug-likeness (QED) is 0.816. The molecular weight excluding hydrogens is 214 g/mol. The SMILES string of the molecule is Cc1c[nH]cc1C(=O)N1CCC(C)CC1CN. The summed E-state index contributed by atoms with van der Waals surface area (Å²) >= 11 is 0. The molecule has 17 heavy (non-hydrogen) atoms. The molecule has 0 spiro atoms. The van der Waals surface area contributed by atoms with Crippen LogP contribution in [-0.4, -0.2) is 34.9 Å². The summed E-state index contributed by atoms with van der Waals surface area (Å²) in [6.45, 7) is 5.56. The smallest absolute Gasteiger partial charge is 0.255 e. The zero-order valence-electron chi connectivity index (χ0n) is 10.6. The fourth-order valence-electron chi connectivity index (χ4n) is 2.57. The summed E-state index contributed by atoms with van der Waals surface area (Å²) in [7, 11) is 0. The molecule has 0 bridgehead atoms. The molecule has 2 heterocycles. The Labute approximate surface area is 102 Å². The third kappa shape index (κ3) is 2.36. The molecule has 2 atom stereocenters. The van der Waals surface area contributed by atoms with Gasteiger partial charge in [0.1, 0.15) is 0 Å². The number of nitrogens with two attached hydrogens (primary N) is 1. The molecule has 4 heteroatoms. The Kier molecular flexibility index (Phi) is 3.52. The Hall–Kier alpha value is -1.29. The highest BCUT2D eigenvalue weighted by molar-refractivity contribution is 5.95. The topological polar surface area (TPSA) is 62.1 Å². The number of aromatic nitrogens is 1. The normalized spacial score (nSPS) is 25.0. The van der Waals surface area contributed by atoms with Gasteiger partial charge < -0.3 is 15.6 Å². The standard InChI is InChI=1S/C13H21N3O/c1-9-3-4-16(11(5-9)6-14)13(17)12-8-15-7-10(12)2/h7-9,11,15H,3-6,14H2,1-2H3. The summed E-state index contributed by atoms with van der Waals surface area (Å²) in [5, 5.41) is 0. The lowest BCUT2D eigenvalue weighted by Crippen LogP contribution is -2.49. The van der Waals surface area contributed by atoms with Gasteiger partial charge in [0.15, 0.2) is 0 Å². The second-order valence-corrected chi connectivity index (χ2v) is 5.07. The van der Waals surface area contributed by atoms with E-state index in [1.54, 1.807) is 6.20 Å². The van der Waals surface area contributed by atoms with E-state index in [9.17, 15) is 4.79 Å². The van der Waals surface area contributed by atoms with Crippen LogP contribution in [0.1, 0.15) is 35.7 Å². The molecule has 0 aliphatic carbocycles. The van der Waals surface area contributed by atoms with Crippen molar-refractivity contribution in [3.8, 4) is 0 Å². The first-order valence-electron chi connectivity index (χ1n) is 6.28. The van der Waals surface area contributed by atoms with Gasteiger partial charge in [-0.25, -0.2) is 0 Å². The average molecular weight is 235 g/mol. The molecule has 1 aliphatic rings. The Balaban J connectivity index is 2.16. The van der Waals surface area contributed by atoms with Crippen LogP contribution in [0.5, 0.6) is 0 Å². The molecule has 1 fully saturated rings. The number of aryl methyl sites for hydroxylation is 1. The zero-order valence-corrected chi connectivity index (χ0v) is 10.6. The van der Waals surface area contributed by atoms with Crippen LogP contribution in [0.3, 0.4) is 0 Å². The Morgan fingerprint density at radius 1 is 1.59 bits per heavy atom. The van der Waals surface area contributed by atoms with E-state index in [-0.39, 0.29) is 11.9 Å². The maximum Gasteiger partial charge on any atom is 0.255 e. The number of nitrogens with one attached hydrogen (secondary N) is 1. The lowest BCUT2D eigenvalue weighted by atomic mass is 9.92. The van der Waals surface area contributed by atoms with Crippen LogP contribution >= 0.6 is 0 Å². The van der Waals surface area contributed by atoms with Crippen molar-refractivity contribution in [2.24, 2.45) is 11.7 Å². The van der Waals surface area contributed by atoms with Gasteiger partial charge in [-0.2, -0.15) is 0 Å². The van der Waals surface area contributed by atoms with Crippen LogP contribution in [0, 0.1) is 12.8 Å². The second kappa shape index (κ2) is 4.92. The highest BCUT2D eigenvalue weighted by Gasteiger charge is 2.30.